The van der Waals surface area contributed by atoms with Crippen molar-refractivity contribution in [1.82, 2.24) is 20.0 Å². The second kappa shape index (κ2) is 11.9. The van der Waals surface area contributed by atoms with Crippen molar-refractivity contribution in [1.29, 1.82) is 0 Å². The number of aliphatic imine (C=N–C) groups is 1. The average molecular weight is 526 g/mol. The van der Waals surface area contributed by atoms with Crippen molar-refractivity contribution in [2.75, 3.05) is 19.4 Å². The molecule has 0 bridgehead atoms. The lowest BCUT2D eigenvalue weighted by atomic mass is 10.1. The third-order valence-electron chi connectivity index (χ3n) is 4.66. The molecular weight excluding hydrogens is 491 g/mol. The van der Waals surface area contributed by atoms with Gasteiger partial charge in [-0.1, -0.05) is 39.8 Å². The maximum Gasteiger partial charge on any atom is 0.226 e. The van der Waals surface area contributed by atoms with E-state index >= 15 is 0 Å². The van der Waals surface area contributed by atoms with Crippen molar-refractivity contribution in [3.05, 3.63) is 47.3 Å². The number of benzene rings is 1. The van der Waals surface area contributed by atoms with Gasteiger partial charge in [-0.3, -0.25) is 14.5 Å². The second-order valence-corrected chi connectivity index (χ2v) is 7.97. The van der Waals surface area contributed by atoms with Gasteiger partial charge in [0.15, 0.2) is 5.96 Å². The average Bonchev–Trinajstić information content (AvgIpc) is 3.03. The first-order chi connectivity index (χ1) is 13.7. The van der Waals surface area contributed by atoms with Crippen LogP contribution >= 0.6 is 24.0 Å². The number of aromatic nitrogens is 2. The number of halogens is 1. The van der Waals surface area contributed by atoms with Gasteiger partial charge in [0.05, 0.1) is 5.69 Å². The SMILES string of the molecule is CN=C(NCc1ccc(NC(=O)C(C)C)cc1)N(C)Cc1cn(C)nc1C(C)C.I. The van der Waals surface area contributed by atoms with Gasteiger partial charge in [0.25, 0.3) is 0 Å². The van der Waals surface area contributed by atoms with Gasteiger partial charge in [-0.2, -0.15) is 5.10 Å². The molecule has 2 N–H and O–H groups in total. The minimum Gasteiger partial charge on any atom is -0.352 e. The molecule has 0 atom stereocenters. The van der Waals surface area contributed by atoms with Crippen LogP contribution in [0.15, 0.2) is 35.5 Å². The molecule has 0 saturated carbocycles. The predicted octanol–water partition coefficient (Wildman–Crippen LogP) is 3.96. The van der Waals surface area contributed by atoms with Crippen LogP contribution in [0.25, 0.3) is 0 Å². The normalized spacial score (nSPS) is 11.4. The van der Waals surface area contributed by atoms with Gasteiger partial charge in [-0.15, -0.1) is 24.0 Å². The molecular formula is C22H35IN6O. The highest BCUT2D eigenvalue weighted by atomic mass is 127. The Balaban J connectivity index is 0.00000450. The summed E-state index contributed by atoms with van der Waals surface area (Å²) in [5.74, 6) is 1.19. The molecule has 30 heavy (non-hydrogen) atoms. The first-order valence-electron chi connectivity index (χ1n) is 10.0. The van der Waals surface area contributed by atoms with Crippen LogP contribution in [0.2, 0.25) is 0 Å². The van der Waals surface area contributed by atoms with Crippen LogP contribution < -0.4 is 10.6 Å². The number of hydrogen-bond acceptors (Lipinski definition) is 3. The highest BCUT2D eigenvalue weighted by Crippen LogP contribution is 2.18. The van der Waals surface area contributed by atoms with Crippen LogP contribution in [-0.4, -0.2) is 40.6 Å². The number of aryl methyl sites for hydroxylation is 1. The zero-order valence-electron chi connectivity index (χ0n) is 19.1. The minimum absolute atomic E-state index is 0. The molecule has 0 fully saturated rings. The van der Waals surface area contributed by atoms with E-state index < -0.39 is 0 Å². The van der Waals surface area contributed by atoms with E-state index in [-0.39, 0.29) is 35.8 Å². The predicted molar refractivity (Wildman–Crippen MR) is 134 cm³/mol. The Morgan fingerprint density at radius 2 is 1.83 bits per heavy atom. The summed E-state index contributed by atoms with van der Waals surface area (Å²) in [5, 5.41) is 10.9. The molecule has 0 aliphatic rings. The zero-order valence-corrected chi connectivity index (χ0v) is 21.4. The lowest BCUT2D eigenvalue weighted by Gasteiger charge is -2.22. The van der Waals surface area contributed by atoms with Gasteiger partial charge < -0.3 is 15.5 Å². The summed E-state index contributed by atoms with van der Waals surface area (Å²) in [5.41, 5.74) is 4.25. The summed E-state index contributed by atoms with van der Waals surface area (Å²) in [6.45, 7) is 9.47. The molecule has 0 aliphatic carbocycles. The number of carbonyl (C=O) groups is 1. The molecule has 1 aromatic carbocycles. The number of rotatable bonds is 7. The molecule has 0 aliphatic heterocycles. The monoisotopic (exact) mass is 526 g/mol. The molecule has 0 unspecified atom stereocenters. The minimum atomic E-state index is -0.0359. The Labute approximate surface area is 197 Å². The molecule has 2 aromatic rings. The molecule has 2 rings (SSSR count). The number of anilines is 1. The summed E-state index contributed by atoms with van der Waals surface area (Å²) in [6.07, 6.45) is 2.07. The van der Waals surface area contributed by atoms with E-state index in [0.29, 0.717) is 12.5 Å². The van der Waals surface area contributed by atoms with Crippen molar-refractivity contribution in [2.24, 2.45) is 18.0 Å². The van der Waals surface area contributed by atoms with Crippen LogP contribution in [0.4, 0.5) is 5.69 Å². The van der Waals surface area contributed by atoms with Crippen molar-refractivity contribution >= 4 is 41.5 Å². The van der Waals surface area contributed by atoms with Crippen LogP contribution in [-0.2, 0) is 24.9 Å². The molecule has 166 valence electrons. The topological polar surface area (TPSA) is 74.6 Å². The highest BCUT2D eigenvalue weighted by molar-refractivity contribution is 14.0. The lowest BCUT2D eigenvalue weighted by molar-refractivity contribution is -0.118. The fourth-order valence-electron chi connectivity index (χ4n) is 3.05. The van der Waals surface area contributed by atoms with Crippen molar-refractivity contribution < 1.29 is 4.79 Å². The van der Waals surface area contributed by atoms with Crippen molar-refractivity contribution in [3.63, 3.8) is 0 Å². The third-order valence-corrected chi connectivity index (χ3v) is 4.66. The van der Waals surface area contributed by atoms with Crippen molar-refractivity contribution in [2.45, 2.75) is 46.7 Å². The molecule has 0 radical (unpaired) electrons. The lowest BCUT2D eigenvalue weighted by Crippen LogP contribution is -2.38. The summed E-state index contributed by atoms with van der Waals surface area (Å²) < 4.78 is 1.87. The molecule has 7 nitrogen and oxygen atoms in total. The van der Waals surface area contributed by atoms with Gasteiger partial charge in [-0.05, 0) is 23.6 Å². The Morgan fingerprint density at radius 1 is 1.20 bits per heavy atom. The van der Waals surface area contributed by atoms with Gasteiger partial charge in [-0.25, -0.2) is 0 Å². The van der Waals surface area contributed by atoms with E-state index in [4.69, 9.17) is 0 Å². The third kappa shape index (κ3) is 7.30. The molecule has 1 heterocycles. The van der Waals surface area contributed by atoms with E-state index in [1.807, 2.05) is 56.9 Å². The fraction of sp³-hybridized carbons (Fsp3) is 0.500. The van der Waals surface area contributed by atoms with Crippen molar-refractivity contribution in [3.8, 4) is 0 Å². The molecule has 8 heteroatoms. The van der Waals surface area contributed by atoms with Gasteiger partial charge >= 0.3 is 0 Å². The fourth-order valence-corrected chi connectivity index (χ4v) is 3.05. The zero-order chi connectivity index (χ0) is 21.6. The number of guanidine groups is 1. The molecule has 1 aromatic heterocycles. The Morgan fingerprint density at radius 3 is 2.37 bits per heavy atom. The van der Waals surface area contributed by atoms with Gasteiger partial charge in [0.1, 0.15) is 0 Å². The first kappa shape index (κ1) is 25.9. The van der Waals surface area contributed by atoms with Crippen LogP contribution in [0.5, 0.6) is 0 Å². The molecule has 1 amide bonds. The van der Waals surface area contributed by atoms with E-state index in [1.165, 1.54) is 5.56 Å². The molecule has 0 spiro atoms. The quantitative estimate of drug-likeness (QED) is 0.326. The summed E-state index contributed by atoms with van der Waals surface area (Å²) in [4.78, 5) is 18.3. The number of amides is 1. The second-order valence-electron chi connectivity index (χ2n) is 7.97. The Kier molecular flexibility index (Phi) is 10.3. The van der Waals surface area contributed by atoms with Gasteiger partial charge in [0.2, 0.25) is 5.91 Å². The Hall–Kier alpha value is -2.10. The van der Waals surface area contributed by atoms with E-state index in [1.54, 1.807) is 7.05 Å². The molecule has 0 saturated heterocycles. The number of carbonyl (C=O) groups excluding carboxylic acids is 1. The van der Waals surface area contributed by atoms with E-state index in [0.717, 1.165) is 29.4 Å². The highest BCUT2D eigenvalue weighted by Gasteiger charge is 2.15. The van der Waals surface area contributed by atoms with Gasteiger partial charge in [0, 0.05) is 57.6 Å². The summed E-state index contributed by atoms with van der Waals surface area (Å²) >= 11 is 0. The largest absolute Gasteiger partial charge is 0.352 e. The smallest absolute Gasteiger partial charge is 0.226 e. The maximum atomic E-state index is 11.8. The van der Waals surface area contributed by atoms with Crippen LogP contribution in [0, 0.1) is 5.92 Å². The number of hydrogen-bond donors (Lipinski definition) is 2. The number of nitrogens with one attached hydrogen (secondary N) is 2. The Bertz CT molecular complexity index is 842. The summed E-state index contributed by atoms with van der Waals surface area (Å²) in [7, 11) is 5.77. The standard InChI is InChI=1S/C22H34N6O.HI/c1-15(2)20-18(14-28(7)26-20)13-27(6)22(23-5)24-12-17-8-10-19(11-9-17)25-21(29)16(3)4;/h8-11,14-16H,12-13H2,1-7H3,(H,23,24)(H,25,29);1H. The maximum absolute atomic E-state index is 11.8. The van der Waals surface area contributed by atoms with E-state index in [2.05, 4.69) is 45.7 Å². The number of nitrogens with zero attached hydrogens (tertiary/aromatic N) is 4. The van der Waals surface area contributed by atoms with Crippen LogP contribution in [0.3, 0.4) is 0 Å². The summed E-state index contributed by atoms with van der Waals surface area (Å²) in [6, 6.07) is 7.87. The van der Waals surface area contributed by atoms with Crippen LogP contribution in [0.1, 0.15) is 50.4 Å². The first-order valence-corrected chi connectivity index (χ1v) is 10.0. The van der Waals surface area contributed by atoms with E-state index in [9.17, 15) is 4.79 Å².